The summed E-state index contributed by atoms with van der Waals surface area (Å²) in [6.07, 6.45) is -10.0. The van der Waals surface area contributed by atoms with E-state index in [9.17, 15) is 31.1 Å². The predicted octanol–water partition coefficient (Wildman–Crippen LogP) is 7.27. The van der Waals surface area contributed by atoms with Crippen LogP contribution in [0.4, 0.5) is 26.3 Å². The summed E-state index contributed by atoms with van der Waals surface area (Å²) >= 11 is 12.2. The van der Waals surface area contributed by atoms with Gasteiger partial charge in [-0.25, -0.2) is 4.68 Å². The fourth-order valence-corrected chi connectivity index (χ4v) is 4.07. The summed E-state index contributed by atoms with van der Waals surface area (Å²) in [6.45, 7) is -0.542. The van der Waals surface area contributed by atoms with Crippen molar-refractivity contribution < 1.29 is 31.1 Å². The number of amides is 1. The van der Waals surface area contributed by atoms with Gasteiger partial charge in [-0.15, -0.1) is 5.10 Å². The highest BCUT2D eigenvalue weighted by Gasteiger charge is 2.37. The molecule has 0 radical (unpaired) electrons. The predicted molar refractivity (Wildman–Crippen MR) is 129 cm³/mol. The lowest BCUT2D eigenvalue weighted by Crippen LogP contribution is -2.24. The van der Waals surface area contributed by atoms with Crippen LogP contribution in [0.25, 0.3) is 11.3 Å². The van der Waals surface area contributed by atoms with E-state index in [0.717, 1.165) is 4.68 Å². The van der Waals surface area contributed by atoms with Crippen LogP contribution in [0.5, 0.6) is 0 Å². The second-order valence-electron chi connectivity index (χ2n) is 8.12. The van der Waals surface area contributed by atoms with Gasteiger partial charge in [0.2, 0.25) is 0 Å². The number of hydrogen-bond acceptors (Lipinski definition) is 3. The van der Waals surface area contributed by atoms with Crippen molar-refractivity contribution in [3.05, 3.63) is 105 Å². The molecule has 1 heterocycles. The number of rotatable bonds is 6. The standard InChI is InChI=1S/C25H16Cl2F6N4O/c26-19-8-4-7-16(20(19)27)12-34-23(38)21-22(15-5-2-1-3-6-15)37(36-35-21)13-14-9-17(24(28,29)30)11-18(10-14)25(31,32)33/h1-11H,12-13H2,(H,34,38). The third kappa shape index (κ3) is 6.11. The Hall–Kier alpha value is -3.57. The van der Waals surface area contributed by atoms with E-state index in [0.29, 0.717) is 23.3 Å². The monoisotopic (exact) mass is 572 g/mol. The smallest absolute Gasteiger partial charge is 0.346 e. The van der Waals surface area contributed by atoms with Crippen LogP contribution in [0.15, 0.2) is 66.7 Å². The maximum absolute atomic E-state index is 13.3. The molecule has 0 saturated carbocycles. The largest absolute Gasteiger partial charge is 0.416 e. The van der Waals surface area contributed by atoms with Crippen molar-refractivity contribution in [3.63, 3.8) is 0 Å². The molecule has 0 atom stereocenters. The van der Waals surface area contributed by atoms with Crippen LogP contribution in [0, 0.1) is 0 Å². The summed E-state index contributed by atoms with van der Waals surface area (Å²) in [7, 11) is 0. The third-order valence-electron chi connectivity index (χ3n) is 5.45. The molecule has 13 heteroatoms. The normalized spacial score (nSPS) is 12.0. The molecule has 198 valence electrons. The zero-order valence-corrected chi connectivity index (χ0v) is 20.6. The number of alkyl halides is 6. The van der Waals surface area contributed by atoms with E-state index in [1.165, 1.54) is 0 Å². The van der Waals surface area contributed by atoms with Crippen LogP contribution in [-0.2, 0) is 25.4 Å². The van der Waals surface area contributed by atoms with Gasteiger partial charge < -0.3 is 5.32 Å². The number of nitrogens with zero attached hydrogens (tertiary/aromatic N) is 3. The molecule has 0 aliphatic heterocycles. The molecule has 0 fully saturated rings. The highest BCUT2D eigenvalue weighted by molar-refractivity contribution is 6.42. The Kier molecular flexibility index (Phi) is 7.70. The molecule has 1 aromatic heterocycles. The first-order valence-corrected chi connectivity index (χ1v) is 11.6. The first-order valence-electron chi connectivity index (χ1n) is 10.8. The lowest BCUT2D eigenvalue weighted by Gasteiger charge is -2.15. The van der Waals surface area contributed by atoms with Crippen LogP contribution in [0.1, 0.15) is 32.7 Å². The summed E-state index contributed by atoms with van der Waals surface area (Å²) in [5.41, 5.74) is -2.38. The maximum atomic E-state index is 13.3. The summed E-state index contributed by atoms with van der Waals surface area (Å²) in [5.74, 6) is -0.689. The van der Waals surface area contributed by atoms with Crippen molar-refractivity contribution in [1.82, 2.24) is 20.3 Å². The van der Waals surface area contributed by atoms with Gasteiger partial charge in [0.15, 0.2) is 5.69 Å². The van der Waals surface area contributed by atoms with Crippen molar-refractivity contribution in [1.29, 1.82) is 0 Å². The van der Waals surface area contributed by atoms with Crippen molar-refractivity contribution in [3.8, 4) is 11.3 Å². The maximum Gasteiger partial charge on any atom is 0.416 e. The quantitative estimate of drug-likeness (QED) is 0.247. The van der Waals surface area contributed by atoms with E-state index in [1.54, 1.807) is 48.5 Å². The van der Waals surface area contributed by atoms with Gasteiger partial charge in [0.1, 0.15) is 5.69 Å². The summed E-state index contributed by atoms with van der Waals surface area (Å²) in [4.78, 5) is 13.0. The first kappa shape index (κ1) is 27.5. The Morgan fingerprint density at radius 2 is 1.50 bits per heavy atom. The highest BCUT2D eigenvalue weighted by atomic mass is 35.5. The van der Waals surface area contributed by atoms with E-state index < -0.39 is 35.9 Å². The molecule has 0 aliphatic rings. The number of hydrogen-bond donors (Lipinski definition) is 1. The molecule has 0 spiro atoms. The molecule has 5 nitrogen and oxygen atoms in total. The van der Waals surface area contributed by atoms with Crippen molar-refractivity contribution in [2.75, 3.05) is 0 Å². The minimum absolute atomic E-state index is 0.0259. The number of carbonyl (C=O) groups is 1. The number of benzene rings is 3. The Morgan fingerprint density at radius 3 is 2.11 bits per heavy atom. The molecule has 0 saturated heterocycles. The summed E-state index contributed by atoms with van der Waals surface area (Å²) < 4.78 is 81.1. The highest BCUT2D eigenvalue weighted by Crippen LogP contribution is 2.37. The van der Waals surface area contributed by atoms with Gasteiger partial charge in [-0.1, -0.05) is 70.9 Å². The zero-order chi connectivity index (χ0) is 27.7. The van der Waals surface area contributed by atoms with E-state index in [4.69, 9.17) is 23.2 Å². The summed E-state index contributed by atoms with van der Waals surface area (Å²) in [6, 6.07) is 14.3. The lowest BCUT2D eigenvalue weighted by molar-refractivity contribution is -0.143. The average molecular weight is 573 g/mol. The molecule has 3 aromatic carbocycles. The Labute approximate surface area is 222 Å². The number of aromatic nitrogens is 3. The lowest BCUT2D eigenvalue weighted by atomic mass is 10.0. The molecular formula is C25H16Cl2F6N4O. The molecule has 4 rings (SSSR count). The zero-order valence-electron chi connectivity index (χ0n) is 19.0. The van der Waals surface area contributed by atoms with Gasteiger partial charge in [-0.05, 0) is 35.4 Å². The second-order valence-corrected chi connectivity index (χ2v) is 8.91. The van der Waals surface area contributed by atoms with E-state index in [-0.39, 0.29) is 39.6 Å². The van der Waals surface area contributed by atoms with Gasteiger partial charge in [0.05, 0.1) is 27.7 Å². The Balaban J connectivity index is 1.72. The SMILES string of the molecule is O=C(NCc1cccc(Cl)c1Cl)c1nnn(Cc2cc(C(F)(F)F)cc(C(F)(F)F)c2)c1-c1ccccc1. The molecule has 4 aromatic rings. The van der Waals surface area contributed by atoms with Gasteiger partial charge in [-0.2, -0.15) is 26.3 Å². The van der Waals surface area contributed by atoms with Gasteiger partial charge in [-0.3, -0.25) is 4.79 Å². The molecule has 38 heavy (non-hydrogen) atoms. The molecule has 0 aliphatic carbocycles. The van der Waals surface area contributed by atoms with Crippen LogP contribution >= 0.6 is 23.2 Å². The minimum Gasteiger partial charge on any atom is -0.346 e. The number of carbonyl (C=O) groups excluding carboxylic acids is 1. The van der Waals surface area contributed by atoms with Gasteiger partial charge in [0, 0.05) is 12.1 Å². The molecule has 1 amide bonds. The summed E-state index contributed by atoms with van der Waals surface area (Å²) in [5, 5.41) is 10.9. The van der Waals surface area contributed by atoms with Gasteiger partial charge >= 0.3 is 12.4 Å². The topological polar surface area (TPSA) is 59.8 Å². The number of nitrogens with one attached hydrogen (secondary N) is 1. The number of halogens is 8. The first-order chi connectivity index (χ1) is 17.8. The van der Waals surface area contributed by atoms with Crippen LogP contribution in [-0.4, -0.2) is 20.9 Å². The Morgan fingerprint density at radius 1 is 0.868 bits per heavy atom. The Bertz CT molecular complexity index is 1440. The minimum atomic E-state index is -5.01. The van der Waals surface area contributed by atoms with Crippen molar-refractivity contribution in [2.45, 2.75) is 25.4 Å². The van der Waals surface area contributed by atoms with Crippen LogP contribution < -0.4 is 5.32 Å². The second kappa shape index (κ2) is 10.7. The fourth-order valence-electron chi connectivity index (χ4n) is 3.69. The van der Waals surface area contributed by atoms with Crippen LogP contribution in [0.2, 0.25) is 10.0 Å². The van der Waals surface area contributed by atoms with Gasteiger partial charge in [0.25, 0.3) is 5.91 Å². The average Bonchev–Trinajstić information content (AvgIpc) is 3.27. The molecule has 0 bridgehead atoms. The van der Waals surface area contributed by atoms with Crippen molar-refractivity contribution >= 4 is 29.1 Å². The molecule has 0 unspecified atom stereocenters. The molecular weight excluding hydrogens is 557 g/mol. The third-order valence-corrected chi connectivity index (χ3v) is 6.31. The van der Waals surface area contributed by atoms with Crippen molar-refractivity contribution in [2.24, 2.45) is 0 Å². The van der Waals surface area contributed by atoms with E-state index >= 15 is 0 Å². The molecule has 1 N–H and O–H groups in total. The van der Waals surface area contributed by atoms with E-state index in [2.05, 4.69) is 15.6 Å². The van der Waals surface area contributed by atoms with Crippen LogP contribution in [0.3, 0.4) is 0 Å². The fraction of sp³-hybridized carbons (Fsp3) is 0.160. The van der Waals surface area contributed by atoms with E-state index in [1.807, 2.05) is 0 Å².